The molecule has 0 aliphatic heterocycles. The van der Waals surface area contributed by atoms with Crippen LogP contribution in [0, 0.1) is 11.8 Å². The van der Waals surface area contributed by atoms with E-state index in [0.29, 0.717) is 17.7 Å². The number of amides is 1. The smallest absolute Gasteiger partial charge is 0.223 e. The van der Waals surface area contributed by atoms with E-state index in [4.69, 9.17) is 11.6 Å². The van der Waals surface area contributed by atoms with Crippen LogP contribution in [0.2, 0.25) is 0 Å². The highest BCUT2D eigenvalue weighted by molar-refractivity contribution is 6.17. The number of alkyl halides is 1. The van der Waals surface area contributed by atoms with Crippen molar-refractivity contribution in [2.75, 3.05) is 5.88 Å². The van der Waals surface area contributed by atoms with Gasteiger partial charge in [0.2, 0.25) is 5.91 Å². The van der Waals surface area contributed by atoms with E-state index in [2.05, 4.69) is 31.3 Å². The van der Waals surface area contributed by atoms with Crippen LogP contribution in [-0.2, 0) is 4.79 Å². The lowest BCUT2D eigenvalue weighted by molar-refractivity contribution is -0.123. The van der Waals surface area contributed by atoms with Gasteiger partial charge in [-0.05, 0) is 30.2 Å². The Morgan fingerprint density at radius 1 is 1.37 bits per heavy atom. The molecule has 1 saturated carbocycles. The van der Waals surface area contributed by atoms with Crippen molar-refractivity contribution >= 4 is 17.5 Å². The lowest BCUT2D eigenvalue weighted by Crippen LogP contribution is -2.39. The Morgan fingerprint density at radius 3 is 2.63 bits per heavy atom. The summed E-state index contributed by atoms with van der Waals surface area (Å²) in [6.45, 7) is 4.25. The third-order valence-corrected chi connectivity index (χ3v) is 4.13. The quantitative estimate of drug-likeness (QED) is 0.793. The van der Waals surface area contributed by atoms with Gasteiger partial charge in [-0.25, -0.2) is 0 Å². The van der Waals surface area contributed by atoms with Crippen molar-refractivity contribution in [1.82, 2.24) is 5.32 Å². The molecular formula is C16H22ClNO. The maximum atomic E-state index is 12.2. The fourth-order valence-electron chi connectivity index (χ4n) is 2.53. The van der Waals surface area contributed by atoms with Crippen LogP contribution in [0.15, 0.2) is 30.3 Å². The first-order valence-corrected chi connectivity index (χ1v) is 7.58. The second kappa shape index (κ2) is 6.42. The monoisotopic (exact) mass is 279 g/mol. The summed E-state index contributed by atoms with van der Waals surface area (Å²) in [5.41, 5.74) is 1.28. The molecule has 0 heterocycles. The van der Waals surface area contributed by atoms with Gasteiger partial charge in [-0.3, -0.25) is 4.79 Å². The number of hydrogen-bond acceptors (Lipinski definition) is 1. The first-order valence-electron chi connectivity index (χ1n) is 7.04. The van der Waals surface area contributed by atoms with Crippen LogP contribution < -0.4 is 5.32 Å². The van der Waals surface area contributed by atoms with Crippen LogP contribution >= 0.6 is 11.6 Å². The molecule has 104 valence electrons. The van der Waals surface area contributed by atoms with E-state index >= 15 is 0 Å². The normalized spacial score (nSPS) is 23.2. The van der Waals surface area contributed by atoms with Crippen molar-refractivity contribution in [3.8, 4) is 0 Å². The van der Waals surface area contributed by atoms with Crippen LogP contribution in [0.1, 0.15) is 38.2 Å². The first kappa shape index (κ1) is 14.4. The van der Waals surface area contributed by atoms with Gasteiger partial charge in [-0.1, -0.05) is 44.2 Å². The topological polar surface area (TPSA) is 29.1 Å². The Morgan fingerprint density at radius 2 is 2.05 bits per heavy atom. The van der Waals surface area contributed by atoms with Gasteiger partial charge in [0.15, 0.2) is 0 Å². The standard InChI is InChI=1S/C16H22ClNO/c1-11(2)15(8-9-17)18-16(19)14-10-13(14)12-6-4-3-5-7-12/h3-7,11,13-15H,8-10H2,1-2H3,(H,18,19). The van der Waals surface area contributed by atoms with Crippen molar-refractivity contribution in [3.05, 3.63) is 35.9 Å². The summed E-state index contributed by atoms with van der Waals surface area (Å²) in [5.74, 6) is 1.77. The van der Waals surface area contributed by atoms with Gasteiger partial charge >= 0.3 is 0 Å². The van der Waals surface area contributed by atoms with Crippen molar-refractivity contribution in [1.29, 1.82) is 0 Å². The third-order valence-electron chi connectivity index (χ3n) is 3.91. The molecule has 3 heteroatoms. The molecule has 19 heavy (non-hydrogen) atoms. The van der Waals surface area contributed by atoms with Crippen LogP contribution in [0.3, 0.4) is 0 Å². The lowest BCUT2D eigenvalue weighted by Gasteiger charge is -2.21. The molecule has 3 unspecified atom stereocenters. The largest absolute Gasteiger partial charge is 0.353 e. The Labute approximate surface area is 120 Å². The Kier molecular flexibility index (Phi) is 4.87. The number of carbonyl (C=O) groups excluding carboxylic acids is 1. The van der Waals surface area contributed by atoms with E-state index in [1.807, 2.05) is 18.2 Å². The fraction of sp³-hybridized carbons (Fsp3) is 0.562. The summed E-state index contributed by atoms with van der Waals surface area (Å²) < 4.78 is 0. The van der Waals surface area contributed by atoms with Crippen molar-refractivity contribution in [3.63, 3.8) is 0 Å². The molecule has 0 spiro atoms. The van der Waals surface area contributed by atoms with Gasteiger partial charge < -0.3 is 5.32 Å². The zero-order valence-corrected chi connectivity index (χ0v) is 12.4. The van der Waals surface area contributed by atoms with E-state index in [1.165, 1.54) is 5.56 Å². The average molecular weight is 280 g/mol. The van der Waals surface area contributed by atoms with Gasteiger partial charge in [0.25, 0.3) is 0 Å². The highest BCUT2D eigenvalue weighted by Gasteiger charge is 2.44. The molecule has 1 amide bonds. The lowest BCUT2D eigenvalue weighted by atomic mass is 10.0. The molecule has 1 aromatic carbocycles. The second-order valence-corrected chi connectivity index (χ2v) is 6.07. The molecule has 0 bridgehead atoms. The van der Waals surface area contributed by atoms with Crippen molar-refractivity contribution in [2.24, 2.45) is 11.8 Å². The van der Waals surface area contributed by atoms with Gasteiger partial charge in [0.05, 0.1) is 0 Å². The fourth-order valence-corrected chi connectivity index (χ4v) is 2.77. The van der Waals surface area contributed by atoms with Gasteiger partial charge in [-0.2, -0.15) is 0 Å². The maximum Gasteiger partial charge on any atom is 0.223 e. The van der Waals surface area contributed by atoms with E-state index in [1.54, 1.807) is 0 Å². The number of halogens is 1. The van der Waals surface area contributed by atoms with Gasteiger partial charge in [-0.15, -0.1) is 11.6 Å². The summed E-state index contributed by atoms with van der Waals surface area (Å²) in [4.78, 5) is 12.2. The molecule has 1 aliphatic carbocycles. The molecule has 1 aliphatic rings. The molecule has 0 aromatic heterocycles. The summed E-state index contributed by atoms with van der Waals surface area (Å²) in [6.07, 6.45) is 1.81. The number of benzene rings is 1. The zero-order valence-electron chi connectivity index (χ0n) is 11.6. The summed E-state index contributed by atoms with van der Waals surface area (Å²) in [6, 6.07) is 10.5. The predicted molar refractivity (Wildman–Crippen MR) is 79.4 cm³/mol. The average Bonchev–Trinajstić information content (AvgIpc) is 3.19. The minimum atomic E-state index is 0.152. The van der Waals surface area contributed by atoms with Crippen LogP contribution in [0.25, 0.3) is 0 Å². The SMILES string of the molecule is CC(C)C(CCCl)NC(=O)C1CC1c1ccccc1. The number of nitrogens with one attached hydrogen (secondary N) is 1. The molecule has 3 atom stereocenters. The van der Waals surface area contributed by atoms with Crippen molar-refractivity contribution < 1.29 is 4.79 Å². The highest BCUT2D eigenvalue weighted by Crippen LogP contribution is 2.47. The van der Waals surface area contributed by atoms with Crippen LogP contribution in [0.4, 0.5) is 0 Å². The predicted octanol–water partition coefficient (Wildman–Crippen LogP) is 3.56. The number of carbonyl (C=O) groups is 1. The van der Waals surface area contributed by atoms with Crippen LogP contribution in [-0.4, -0.2) is 17.8 Å². The van der Waals surface area contributed by atoms with E-state index < -0.39 is 0 Å². The Bertz CT molecular complexity index is 418. The van der Waals surface area contributed by atoms with Gasteiger partial charge in [0, 0.05) is 17.8 Å². The molecular weight excluding hydrogens is 258 g/mol. The Hall–Kier alpha value is -1.02. The molecule has 1 N–H and O–H groups in total. The second-order valence-electron chi connectivity index (χ2n) is 5.70. The number of hydrogen-bond donors (Lipinski definition) is 1. The van der Waals surface area contributed by atoms with E-state index in [-0.39, 0.29) is 17.9 Å². The summed E-state index contributed by atoms with van der Waals surface area (Å²) >= 11 is 5.79. The third kappa shape index (κ3) is 3.73. The Balaban J connectivity index is 1.89. The van der Waals surface area contributed by atoms with Gasteiger partial charge in [0.1, 0.15) is 0 Å². The first-order chi connectivity index (χ1) is 9.13. The molecule has 0 saturated heterocycles. The molecule has 1 aromatic rings. The molecule has 1 fully saturated rings. The highest BCUT2D eigenvalue weighted by atomic mass is 35.5. The zero-order chi connectivity index (χ0) is 13.8. The molecule has 2 rings (SSSR count). The maximum absolute atomic E-state index is 12.2. The number of rotatable bonds is 6. The van der Waals surface area contributed by atoms with Crippen LogP contribution in [0.5, 0.6) is 0 Å². The molecule has 0 radical (unpaired) electrons. The summed E-state index contributed by atoms with van der Waals surface area (Å²) in [5, 5.41) is 3.16. The minimum absolute atomic E-state index is 0.152. The molecule has 2 nitrogen and oxygen atoms in total. The summed E-state index contributed by atoms with van der Waals surface area (Å²) in [7, 11) is 0. The van der Waals surface area contributed by atoms with E-state index in [0.717, 1.165) is 12.8 Å². The van der Waals surface area contributed by atoms with Crippen molar-refractivity contribution in [2.45, 2.75) is 38.6 Å². The van der Waals surface area contributed by atoms with E-state index in [9.17, 15) is 4.79 Å². The minimum Gasteiger partial charge on any atom is -0.353 e.